The third-order valence-electron chi connectivity index (χ3n) is 3.82. The van der Waals surface area contributed by atoms with E-state index < -0.39 is 6.04 Å². The molecule has 2 N–H and O–H groups in total. The number of carbonyl (C=O) groups is 3. The van der Waals surface area contributed by atoms with E-state index in [9.17, 15) is 14.4 Å². The smallest absolute Gasteiger partial charge is 0.247 e. The summed E-state index contributed by atoms with van der Waals surface area (Å²) < 4.78 is 0. The zero-order valence-electron chi connectivity index (χ0n) is 15.5. The zero-order chi connectivity index (χ0) is 18.8. The number of rotatable bonds is 9. The molecular weight excluding hydrogens is 318 g/mol. The molecule has 0 aliphatic rings. The van der Waals surface area contributed by atoms with E-state index in [0.29, 0.717) is 25.1 Å². The third-order valence-corrected chi connectivity index (χ3v) is 3.82. The van der Waals surface area contributed by atoms with Crippen LogP contribution in [0, 0.1) is 5.92 Å². The van der Waals surface area contributed by atoms with Crippen molar-refractivity contribution in [3.05, 3.63) is 35.9 Å². The van der Waals surface area contributed by atoms with Gasteiger partial charge in [0.05, 0.1) is 6.54 Å². The van der Waals surface area contributed by atoms with Crippen LogP contribution >= 0.6 is 0 Å². The van der Waals surface area contributed by atoms with Crippen molar-refractivity contribution in [3.8, 4) is 0 Å². The second-order valence-corrected chi connectivity index (χ2v) is 6.29. The largest absolute Gasteiger partial charge is 0.345 e. The van der Waals surface area contributed by atoms with Gasteiger partial charge in [-0.2, -0.15) is 0 Å². The Kier molecular flexibility index (Phi) is 8.67. The summed E-state index contributed by atoms with van der Waals surface area (Å²) in [7, 11) is 0. The average molecular weight is 347 g/mol. The standard InChI is InChI=1S/C19H29N3O3/c1-5-22(6-2)17(24)13-20-19(25)18(15-10-8-7-9-11-15)21-16(23)12-14(3)4/h7-11,14,18H,5-6,12-13H2,1-4H3,(H,20,25)(H,21,23)/t18-/m0/s1. The number of nitrogens with one attached hydrogen (secondary N) is 2. The number of carbonyl (C=O) groups excluding carboxylic acids is 3. The molecule has 1 atom stereocenters. The molecule has 1 aromatic rings. The topological polar surface area (TPSA) is 78.5 Å². The van der Waals surface area contributed by atoms with Gasteiger partial charge >= 0.3 is 0 Å². The highest BCUT2D eigenvalue weighted by atomic mass is 16.2. The Hall–Kier alpha value is -2.37. The predicted octanol–water partition coefficient (Wildman–Crippen LogP) is 1.87. The fourth-order valence-electron chi connectivity index (χ4n) is 2.49. The molecule has 1 rings (SSSR count). The number of benzene rings is 1. The molecule has 0 aliphatic carbocycles. The Morgan fingerprint density at radius 3 is 2.16 bits per heavy atom. The van der Waals surface area contributed by atoms with Gasteiger partial charge in [0.2, 0.25) is 17.7 Å². The molecule has 1 aromatic carbocycles. The molecule has 6 nitrogen and oxygen atoms in total. The van der Waals surface area contributed by atoms with Gasteiger partial charge in [-0.1, -0.05) is 44.2 Å². The molecule has 138 valence electrons. The summed E-state index contributed by atoms with van der Waals surface area (Å²) in [5, 5.41) is 5.41. The molecule has 0 bridgehead atoms. The Labute approximate surface area is 150 Å². The van der Waals surface area contributed by atoms with Crippen LogP contribution in [0.3, 0.4) is 0 Å². The van der Waals surface area contributed by atoms with Crippen LogP contribution in [0.25, 0.3) is 0 Å². The van der Waals surface area contributed by atoms with Crippen LogP contribution in [-0.4, -0.2) is 42.3 Å². The van der Waals surface area contributed by atoms with Crippen LogP contribution in [-0.2, 0) is 14.4 Å². The van der Waals surface area contributed by atoms with Gasteiger partial charge in [-0.05, 0) is 25.3 Å². The van der Waals surface area contributed by atoms with Gasteiger partial charge in [0.1, 0.15) is 6.04 Å². The number of hydrogen-bond donors (Lipinski definition) is 2. The second kappa shape index (κ2) is 10.5. The molecule has 3 amide bonds. The Morgan fingerprint density at radius 2 is 1.64 bits per heavy atom. The monoisotopic (exact) mass is 347 g/mol. The quantitative estimate of drug-likeness (QED) is 0.716. The normalized spacial score (nSPS) is 11.7. The summed E-state index contributed by atoms with van der Waals surface area (Å²) in [4.78, 5) is 38.4. The maximum absolute atomic E-state index is 12.6. The first-order valence-electron chi connectivity index (χ1n) is 8.78. The van der Waals surface area contributed by atoms with E-state index in [1.807, 2.05) is 45.9 Å². The van der Waals surface area contributed by atoms with Crippen LogP contribution in [0.2, 0.25) is 0 Å². The van der Waals surface area contributed by atoms with Crippen LogP contribution in [0.15, 0.2) is 30.3 Å². The lowest BCUT2D eigenvalue weighted by atomic mass is 10.0. The van der Waals surface area contributed by atoms with E-state index >= 15 is 0 Å². The summed E-state index contributed by atoms with van der Waals surface area (Å²) in [6.45, 7) is 8.78. The molecule has 0 fully saturated rings. The summed E-state index contributed by atoms with van der Waals surface area (Å²) in [6.07, 6.45) is 0.342. The van der Waals surface area contributed by atoms with E-state index in [1.165, 1.54) is 0 Å². The fraction of sp³-hybridized carbons (Fsp3) is 0.526. The molecule has 25 heavy (non-hydrogen) atoms. The van der Waals surface area contributed by atoms with E-state index in [1.54, 1.807) is 17.0 Å². The number of amides is 3. The highest BCUT2D eigenvalue weighted by Crippen LogP contribution is 2.14. The predicted molar refractivity (Wildman–Crippen MR) is 97.7 cm³/mol. The van der Waals surface area contributed by atoms with Crippen LogP contribution < -0.4 is 10.6 Å². The van der Waals surface area contributed by atoms with Crippen molar-refractivity contribution in [2.24, 2.45) is 5.92 Å². The molecule has 0 saturated heterocycles. The maximum Gasteiger partial charge on any atom is 0.247 e. The molecule has 0 unspecified atom stereocenters. The highest BCUT2D eigenvalue weighted by Gasteiger charge is 2.23. The fourth-order valence-corrected chi connectivity index (χ4v) is 2.49. The minimum atomic E-state index is -0.808. The lowest BCUT2D eigenvalue weighted by molar-refractivity contribution is -0.134. The van der Waals surface area contributed by atoms with Gasteiger partial charge in [0.25, 0.3) is 0 Å². The van der Waals surface area contributed by atoms with Crippen molar-refractivity contribution in [2.45, 2.75) is 40.2 Å². The summed E-state index contributed by atoms with van der Waals surface area (Å²) in [6, 6.07) is 8.23. The Balaban J connectivity index is 2.79. The summed E-state index contributed by atoms with van der Waals surface area (Å²) >= 11 is 0. The van der Waals surface area contributed by atoms with Crippen LogP contribution in [0.4, 0.5) is 0 Å². The Bertz CT molecular complexity index is 569. The highest BCUT2D eigenvalue weighted by molar-refractivity contribution is 5.91. The minimum Gasteiger partial charge on any atom is -0.345 e. The van der Waals surface area contributed by atoms with Crippen molar-refractivity contribution < 1.29 is 14.4 Å². The van der Waals surface area contributed by atoms with Crippen molar-refractivity contribution >= 4 is 17.7 Å². The summed E-state index contributed by atoms with van der Waals surface area (Å²) in [5.41, 5.74) is 0.687. The molecule has 0 aliphatic heterocycles. The maximum atomic E-state index is 12.6. The van der Waals surface area contributed by atoms with Gasteiger partial charge in [-0.3, -0.25) is 14.4 Å². The Morgan fingerprint density at radius 1 is 1.04 bits per heavy atom. The molecule has 0 radical (unpaired) electrons. The average Bonchev–Trinajstić information content (AvgIpc) is 2.58. The van der Waals surface area contributed by atoms with Gasteiger partial charge in [-0.15, -0.1) is 0 Å². The third kappa shape index (κ3) is 6.95. The minimum absolute atomic E-state index is 0.0795. The van der Waals surface area contributed by atoms with E-state index in [-0.39, 0.29) is 30.2 Å². The number of likely N-dealkylation sites (N-methyl/N-ethyl adjacent to an activating group) is 1. The van der Waals surface area contributed by atoms with Gasteiger partial charge in [0.15, 0.2) is 0 Å². The van der Waals surface area contributed by atoms with E-state index in [0.717, 1.165) is 0 Å². The zero-order valence-corrected chi connectivity index (χ0v) is 15.5. The number of nitrogens with zero attached hydrogens (tertiary/aromatic N) is 1. The summed E-state index contributed by atoms with van der Waals surface area (Å²) in [5.74, 6) is -0.514. The first-order valence-corrected chi connectivity index (χ1v) is 8.78. The number of hydrogen-bond acceptors (Lipinski definition) is 3. The first-order chi connectivity index (χ1) is 11.9. The van der Waals surface area contributed by atoms with Gasteiger partial charge in [0, 0.05) is 19.5 Å². The lowest BCUT2D eigenvalue weighted by Crippen LogP contribution is -2.45. The molecule has 0 spiro atoms. The van der Waals surface area contributed by atoms with Gasteiger partial charge in [-0.25, -0.2) is 0 Å². The van der Waals surface area contributed by atoms with E-state index in [2.05, 4.69) is 10.6 Å². The first kappa shape index (κ1) is 20.7. The van der Waals surface area contributed by atoms with Crippen molar-refractivity contribution in [1.82, 2.24) is 15.5 Å². The molecule has 0 aromatic heterocycles. The lowest BCUT2D eigenvalue weighted by Gasteiger charge is -2.22. The van der Waals surface area contributed by atoms with Gasteiger partial charge < -0.3 is 15.5 Å². The molecule has 6 heteroatoms. The molecule has 0 saturated carbocycles. The molecule has 0 heterocycles. The van der Waals surface area contributed by atoms with Crippen molar-refractivity contribution in [2.75, 3.05) is 19.6 Å². The van der Waals surface area contributed by atoms with Crippen LogP contribution in [0.5, 0.6) is 0 Å². The van der Waals surface area contributed by atoms with Crippen LogP contribution in [0.1, 0.15) is 45.7 Å². The van der Waals surface area contributed by atoms with Crippen molar-refractivity contribution in [3.63, 3.8) is 0 Å². The molecular formula is C19H29N3O3. The van der Waals surface area contributed by atoms with E-state index in [4.69, 9.17) is 0 Å². The van der Waals surface area contributed by atoms with Crippen molar-refractivity contribution in [1.29, 1.82) is 0 Å². The SMILES string of the molecule is CCN(CC)C(=O)CNC(=O)[C@@H](NC(=O)CC(C)C)c1ccccc1. The second-order valence-electron chi connectivity index (χ2n) is 6.29.